The van der Waals surface area contributed by atoms with Crippen LogP contribution in [0.2, 0.25) is 5.02 Å². The fraction of sp³-hybridized carbons (Fsp3) is 0.316. The number of pyridine rings is 1. The third kappa shape index (κ3) is 6.04. The van der Waals surface area contributed by atoms with Crippen LogP contribution >= 0.6 is 23.4 Å². The van der Waals surface area contributed by atoms with E-state index in [1.165, 1.54) is 11.8 Å². The van der Waals surface area contributed by atoms with Crippen molar-refractivity contribution < 1.29 is 14.3 Å². The van der Waals surface area contributed by atoms with E-state index in [-0.39, 0.29) is 18.6 Å². The number of ether oxygens (including phenoxy) is 1. The van der Waals surface area contributed by atoms with Gasteiger partial charge in [0.15, 0.2) is 6.61 Å². The zero-order chi connectivity index (χ0) is 19.1. The molecule has 1 heterocycles. The lowest BCUT2D eigenvalue weighted by atomic mass is 10.1. The van der Waals surface area contributed by atoms with Gasteiger partial charge in [-0.3, -0.25) is 4.79 Å². The predicted molar refractivity (Wildman–Crippen MR) is 103 cm³/mol. The molecule has 0 fully saturated rings. The molecule has 0 radical (unpaired) electrons. The summed E-state index contributed by atoms with van der Waals surface area (Å²) in [5, 5.41) is 3.94. The first-order valence-corrected chi connectivity index (χ1v) is 9.41. The van der Waals surface area contributed by atoms with Crippen LogP contribution in [0.5, 0.6) is 0 Å². The average molecular weight is 393 g/mol. The summed E-state index contributed by atoms with van der Waals surface area (Å²) in [5.41, 5.74) is 0.317. The van der Waals surface area contributed by atoms with Crippen LogP contribution in [0.25, 0.3) is 0 Å². The first kappa shape index (κ1) is 20.3. The van der Waals surface area contributed by atoms with Gasteiger partial charge in [0.2, 0.25) is 0 Å². The molecule has 0 aliphatic carbocycles. The molecule has 1 amide bonds. The standard InChI is InChI=1S/C19H21ClN2O3S/c1-12(2)13(3)22-17(23)11-25-19(24)16-5-4-10-21-18(16)26-15-8-6-14(20)7-9-15/h4-10,12-13H,11H2,1-3H3,(H,22,23)/t13-/m0/s1. The molecular formula is C19H21ClN2O3S. The van der Waals surface area contributed by atoms with Gasteiger partial charge in [0.25, 0.3) is 5.91 Å². The van der Waals surface area contributed by atoms with Crippen LogP contribution in [0, 0.1) is 5.92 Å². The van der Waals surface area contributed by atoms with Crippen molar-refractivity contribution in [3.63, 3.8) is 0 Å². The summed E-state index contributed by atoms with van der Waals surface area (Å²) in [5.74, 6) is -0.604. The van der Waals surface area contributed by atoms with Gasteiger partial charge in [-0.25, -0.2) is 9.78 Å². The molecule has 0 spiro atoms. The second kappa shape index (κ2) is 9.59. The highest BCUT2D eigenvalue weighted by atomic mass is 35.5. The van der Waals surface area contributed by atoms with Gasteiger partial charge in [-0.1, -0.05) is 37.2 Å². The van der Waals surface area contributed by atoms with Crippen molar-refractivity contribution in [2.24, 2.45) is 5.92 Å². The van der Waals surface area contributed by atoms with Gasteiger partial charge < -0.3 is 10.1 Å². The molecule has 138 valence electrons. The Kier molecular flexibility index (Phi) is 7.48. The van der Waals surface area contributed by atoms with E-state index < -0.39 is 5.97 Å². The maximum absolute atomic E-state index is 12.4. The second-order valence-electron chi connectivity index (χ2n) is 6.09. The minimum Gasteiger partial charge on any atom is -0.452 e. The summed E-state index contributed by atoms with van der Waals surface area (Å²) in [4.78, 5) is 29.4. The van der Waals surface area contributed by atoms with Gasteiger partial charge in [0, 0.05) is 22.2 Å². The number of rotatable bonds is 7. The zero-order valence-corrected chi connectivity index (χ0v) is 16.4. The number of amides is 1. The fourth-order valence-corrected chi connectivity index (χ4v) is 2.91. The number of benzene rings is 1. The van der Waals surface area contributed by atoms with Crippen molar-refractivity contribution in [1.82, 2.24) is 10.3 Å². The molecule has 1 aromatic carbocycles. The number of carbonyl (C=O) groups excluding carboxylic acids is 2. The molecule has 26 heavy (non-hydrogen) atoms. The Morgan fingerprint density at radius 2 is 1.88 bits per heavy atom. The Balaban J connectivity index is 2.00. The third-order valence-electron chi connectivity index (χ3n) is 3.74. The Morgan fingerprint density at radius 1 is 1.19 bits per heavy atom. The quantitative estimate of drug-likeness (QED) is 0.715. The number of nitrogens with one attached hydrogen (secondary N) is 1. The Bertz CT molecular complexity index is 766. The van der Waals surface area contributed by atoms with Gasteiger partial charge in [-0.15, -0.1) is 0 Å². The third-order valence-corrected chi connectivity index (χ3v) is 5.02. The molecule has 7 heteroatoms. The smallest absolute Gasteiger partial charge is 0.341 e. The lowest BCUT2D eigenvalue weighted by Gasteiger charge is -2.17. The molecule has 2 aromatic rings. The monoisotopic (exact) mass is 392 g/mol. The van der Waals surface area contributed by atoms with E-state index in [4.69, 9.17) is 16.3 Å². The highest BCUT2D eigenvalue weighted by Gasteiger charge is 2.17. The van der Waals surface area contributed by atoms with Crippen molar-refractivity contribution in [2.75, 3.05) is 6.61 Å². The zero-order valence-electron chi connectivity index (χ0n) is 14.9. The van der Waals surface area contributed by atoms with Crippen molar-refractivity contribution in [3.8, 4) is 0 Å². The van der Waals surface area contributed by atoms with Crippen LogP contribution < -0.4 is 5.32 Å². The van der Waals surface area contributed by atoms with Crippen LogP contribution in [0.4, 0.5) is 0 Å². The molecule has 1 atom stereocenters. The molecule has 0 unspecified atom stereocenters. The van der Waals surface area contributed by atoms with Crippen LogP contribution in [0.1, 0.15) is 31.1 Å². The van der Waals surface area contributed by atoms with Gasteiger partial charge in [0.05, 0.1) is 5.56 Å². The summed E-state index contributed by atoms with van der Waals surface area (Å²) >= 11 is 7.21. The highest BCUT2D eigenvalue weighted by molar-refractivity contribution is 7.99. The number of hydrogen-bond acceptors (Lipinski definition) is 5. The van der Waals surface area contributed by atoms with Gasteiger partial charge in [0.1, 0.15) is 5.03 Å². The largest absolute Gasteiger partial charge is 0.452 e. The van der Waals surface area contributed by atoms with E-state index in [9.17, 15) is 9.59 Å². The lowest BCUT2D eigenvalue weighted by Crippen LogP contribution is -2.38. The van der Waals surface area contributed by atoms with Crippen molar-refractivity contribution in [1.29, 1.82) is 0 Å². The maximum atomic E-state index is 12.4. The predicted octanol–water partition coefficient (Wildman–Crippen LogP) is 4.20. The van der Waals surface area contributed by atoms with Crippen LogP contribution in [0.3, 0.4) is 0 Å². The Hall–Kier alpha value is -2.05. The topological polar surface area (TPSA) is 68.3 Å². The number of esters is 1. The Labute approximate surface area is 162 Å². The van der Waals surface area contributed by atoms with Gasteiger partial charge in [-0.2, -0.15) is 0 Å². The fourth-order valence-electron chi connectivity index (χ4n) is 1.91. The summed E-state index contributed by atoms with van der Waals surface area (Å²) in [6.45, 7) is 5.60. The maximum Gasteiger partial charge on any atom is 0.341 e. The molecule has 0 bridgehead atoms. The number of carbonyl (C=O) groups is 2. The molecule has 0 saturated heterocycles. The van der Waals surface area contributed by atoms with Crippen LogP contribution in [-0.2, 0) is 9.53 Å². The van der Waals surface area contributed by atoms with Crippen molar-refractivity contribution in [3.05, 3.63) is 53.2 Å². The highest BCUT2D eigenvalue weighted by Crippen LogP contribution is 2.29. The van der Waals surface area contributed by atoms with E-state index >= 15 is 0 Å². The van der Waals surface area contributed by atoms with Crippen LogP contribution in [0.15, 0.2) is 52.5 Å². The molecule has 1 N–H and O–H groups in total. The molecule has 0 aliphatic heterocycles. The minimum absolute atomic E-state index is 0.00983. The number of aromatic nitrogens is 1. The Morgan fingerprint density at radius 3 is 2.54 bits per heavy atom. The lowest BCUT2D eigenvalue weighted by molar-refractivity contribution is -0.125. The van der Waals surface area contributed by atoms with E-state index in [1.807, 2.05) is 32.9 Å². The number of hydrogen-bond donors (Lipinski definition) is 1. The first-order chi connectivity index (χ1) is 12.4. The normalized spacial score (nSPS) is 11.9. The number of nitrogens with zero attached hydrogens (tertiary/aromatic N) is 1. The molecule has 1 aromatic heterocycles. The summed E-state index contributed by atoms with van der Waals surface area (Å²) in [6.07, 6.45) is 1.60. The minimum atomic E-state index is -0.582. The summed E-state index contributed by atoms with van der Waals surface area (Å²) in [7, 11) is 0. The summed E-state index contributed by atoms with van der Waals surface area (Å²) in [6, 6.07) is 10.5. The second-order valence-corrected chi connectivity index (χ2v) is 7.59. The van der Waals surface area contributed by atoms with Crippen LogP contribution in [-0.4, -0.2) is 29.5 Å². The molecule has 0 saturated carbocycles. The van der Waals surface area contributed by atoms with E-state index in [2.05, 4.69) is 10.3 Å². The van der Waals surface area contributed by atoms with E-state index in [1.54, 1.807) is 30.5 Å². The first-order valence-electron chi connectivity index (χ1n) is 8.21. The average Bonchev–Trinajstić information content (AvgIpc) is 2.62. The van der Waals surface area contributed by atoms with Crippen molar-refractivity contribution >= 4 is 35.2 Å². The number of halogens is 1. The SMILES string of the molecule is CC(C)[C@H](C)NC(=O)COC(=O)c1cccnc1Sc1ccc(Cl)cc1. The van der Waals surface area contributed by atoms with Crippen molar-refractivity contribution in [2.45, 2.75) is 36.7 Å². The molecular weight excluding hydrogens is 372 g/mol. The molecule has 2 rings (SSSR count). The van der Waals surface area contributed by atoms with Gasteiger partial charge in [-0.05, 0) is 49.2 Å². The molecule has 0 aliphatic rings. The molecule has 5 nitrogen and oxygen atoms in total. The van der Waals surface area contributed by atoms with E-state index in [0.717, 1.165) is 4.90 Å². The van der Waals surface area contributed by atoms with E-state index in [0.29, 0.717) is 21.5 Å². The van der Waals surface area contributed by atoms with Gasteiger partial charge >= 0.3 is 5.97 Å². The summed E-state index contributed by atoms with van der Waals surface area (Å²) < 4.78 is 5.14.